The molecule has 2 aromatic rings. The fourth-order valence-electron chi connectivity index (χ4n) is 2.55. The summed E-state index contributed by atoms with van der Waals surface area (Å²) < 4.78 is 8.82. The summed E-state index contributed by atoms with van der Waals surface area (Å²) in [5.74, 6) is 0.817. The van der Waals surface area contributed by atoms with Crippen molar-refractivity contribution in [3.63, 3.8) is 0 Å². The first-order valence-electron chi connectivity index (χ1n) is 8.92. The number of aliphatic carboxylic acids is 1. The van der Waals surface area contributed by atoms with Crippen molar-refractivity contribution in [3.8, 4) is 5.75 Å². The molecule has 0 amide bonds. The van der Waals surface area contributed by atoms with E-state index in [9.17, 15) is 4.79 Å². The van der Waals surface area contributed by atoms with Crippen LogP contribution >= 0.6 is 27.7 Å². The first-order chi connectivity index (χ1) is 12.7. The maximum Gasteiger partial charge on any atom is 0.313 e. The molecule has 0 spiro atoms. The minimum Gasteiger partial charge on any atom is -0.492 e. The van der Waals surface area contributed by atoms with Crippen LogP contribution in [0.3, 0.4) is 0 Å². The summed E-state index contributed by atoms with van der Waals surface area (Å²) in [7, 11) is 0. The molecular weight excluding hydrogens is 430 g/mol. The van der Waals surface area contributed by atoms with Crippen LogP contribution < -0.4 is 4.74 Å². The lowest BCUT2D eigenvalue weighted by Crippen LogP contribution is -2.11. The molecule has 0 aliphatic heterocycles. The van der Waals surface area contributed by atoms with E-state index in [0.29, 0.717) is 18.3 Å². The van der Waals surface area contributed by atoms with Crippen LogP contribution in [0.1, 0.15) is 45.5 Å². The topological polar surface area (TPSA) is 77.2 Å². The van der Waals surface area contributed by atoms with E-state index in [2.05, 4.69) is 59.0 Å². The molecule has 0 radical (unpaired) electrons. The molecule has 0 saturated carbocycles. The minimum absolute atomic E-state index is 0.0141. The van der Waals surface area contributed by atoms with E-state index in [1.807, 2.05) is 17.6 Å². The number of carbonyl (C=O) groups is 1. The van der Waals surface area contributed by atoms with Crippen LogP contribution in [0.15, 0.2) is 27.8 Å². The van der Waals surface area contributed by atoms with E-state index in [1.165, 1.54) is 17.3 Å². The van der Waals surface area contributed by atoms with Crippen molar-refractivity contribution in [1.82, 2.24) is 14.8 Å². The Bertz CT molecular complexity index is 787. The van der Waals surface area contributed by atoms with Crippen LogP contribution in [0.2, 0.25) is 0 Å². The summed E-state index contributed by atoms with van der Waals surface area (Å²) in [5, 5.41) is 17.8. The lowest BCUT2D eigenvalue weighted by Gasteiger charge is -2.20. The molecule has 1 heterocycles. The number of ether oxygens (including phenoxy) is 1. The Morgan fingerprint density at radius 3 is 2.67 bits per heavy atom. The Morgan fingerprint density at radius 2 is 2.07 bits per heavy atom. The van der Waals surface area contributed by atoms with Gasteiger partial charge in [-0.2, -0.15) is 0 Å². The lowest BCUT2D eigenvalue weighted by atomic mass is 9.87. The van der Waals surface area contributed by atoms with E-state index in [1.54, 1.807) is 0 Å². The third-order valence-electron chi connectivity index (χ3n) is 4.03. The van der Waals surface area contributed by atoms with Crippen molar-refractivity contribution in [3.05, 3.63) is 34.1 Å². The number of benzene rings is 1. The van der Waals surface area contributed by atoms with Crippen LogP contribution in [0.25, 0.3) is 0 Å². The molecule has 0 saturated heterocycles. The fourth-order valence-corrected chi connectivity index (χ4v) is 3.79. The van der Waals surface area contributed by atoms with Crippen LogP contribution in [0.5, 0.6) is 5.75 Å². The zero-order valence-corrected chi connectivity index (χ0v) is 18.6. The Balaban J connectivity index is 1.89. The molecule has 0 aliphatic carbocycles. The van der Waals surface area contributed by atoms with E-state index in [0.717, 1.165) is 28.9 Å². The quantitative estimate of drug-likeness (QED) is 0.441. The highest BCUT2D eigenvalue weighted by Crippen LogP contribution is 2.31. The molecule has 0 aliphatic rings. The first-order valence-corrected chi connectivity index (χ1v) is 10.7. The molecule has 6 nitrogen and oxygen atoms in total. The smallest absolute Gasteiger partial charge is 0.313 e. The van der Waals surface area contributed by atoms with Crippen LogP contribution in [-0.2, 0) is 23.2 Å². The SMILES string of the molecule is CCn1c(CCCOc2ccc(C(C)(C)C)cc2Br)nnc1SCC(=O)O. The summed E-state index contributed by atoms with van der Waals surface area (Å²) in [6.07, 6.45) is 1.53. The Hall–Kier alpha value is -1.54. The molecule has 2 rings (SSSR count). The van der Waals surface area contributed by atoms with Gasteiger partial charge in [0.15, 0.2) is 5.16 Å². The normalized spacial score (nSPS) is 11.6. The minimum atomic E-state index is -0.858. The molecule has 0 fully saturated rings. The van der Waals surface area contributed by atoms with Crippen molar-refractivity contribution < 1.29 is 14.6 Å². The number of aryl methyl sites for hydroxylation is 1. The Labute approximate surface area is 172 Å². The predicted molar refractivity (Wildman–Crippen MR) is 111 cm³/mol. The summed E-state index contributed by atoms with van der Waals surface area (Å²) in [5.41, 5.74) is 1.35. The van der Waals surface area contributed by atoms with Crippen LogP contribution in [0.4, 0.5) is 0 Å². The van der Waals surface area contributed by atoms with Gasteiger partial charge in [-0.3, -0.25) is 4.79 Å². The molecule has 1 aromatic heterocycles. The zero-order chi connectivity index (χ0) is 20.0. The Kier molecular flexibility index (Phi) is 7.73. The maximum atomic E-state index is 10.7. The second kappa shape index (κ2) is 9.59. The van der Waals surface area contributed by atoms with Gasteiger partial charge in [-0.05, 0) is 52.4 Å². The van der Waals surface area contributed by atoms with Crippen molar-refractivity contribution in [2.75, 3.05) is 12.4 Å². The van der Waals surface area contributed by atoms with Gasteiger partial charge in [0.05, 0.1) is 16.8 Å². The molecule has 0 unspecified atom stereocenters. The molecule has 1 aromatic carbocycles. The van der Waals surface area contributed by atoms with E-state index in [-0.39, 0.29) is 11.2 Å². The standard InChI is InChI=1S/C19H26BrN3O3S/c1-5-23-16(21-22-18(23)27-12-17(24)25)7-6-10-26-15-9-8-13(11-14(15)20)19(2,3)4/h8-9,11H,5-7,10,12H2,1-4H3,(H,24,25). The molecule has 1 N–H and O–H groups in total. The van der Waals surface area contributed by atoms with Gasteiger partial charge < -0.3 is 14.4 Å². The number of carboxylic acid groups (broad SMARTS) is 1. The third-order valence-corrected chi connectivity index (χ3v) is 5.61. The monoisotopic (exact) mass is 455 g/mol. The van der Waals surface area contributed by atoms with Gasteiger partial charge in [-0.15, -0.1) is 10.2 Å². The molecule has 27 heavy (non-hydrogen) atoms. The van der Waals surface area contributed by atoms with Gasteiger partial charge in [-0.1, -0.05) is 38.6 Å². The van der Waals surface area contributed by atoms with Gasteiger partial charge >= 0.3 is 5.97 Å². The lowest BCUT2D eigenvalue weighted by molar-refractivity contribution is -0.133. The van der Waals surface area contributed by atoms with E-state index in [4.69, 9.17) is 9.84 Å². The highest BCUT2D eigenvalue weighted by Gasteiger charge is 2.16. The number of nitrogens with zero attached hydrogens (tertiary/aromatic N) is 3. The number of halogens is 1. The summed E-state index contributed by atoms with van der Waals surface area (Å²) in [6.45, 7) is 9.83. The summed E-state index contributed by atoms with van der Waals surface area (Å²) >= 11 is 4.78. The summed E-state index contributed by atoms with van der Waals surface area (Å²) in [6, 6.07) is 6.20. The van der Waals surface area contributed by atoms with Crippen molar-refractivity contribution in [2.45, 2.75) is 57.7 Å². The largest absolute Gasteiger partial charge is 0.492 e. The second-order valence-electron chi connectivity index (χ2n) is 7.17. The van der Waals surface area contributed by atoms with Gasteiger partial charge in [0.1, 0.15) is 11.6 Å². The molecule has 148 valence electrons. The number of hydrogen-bond acceptors (Lipinski definition) is 5. The number of rotatable bonds is 9. The van der Waals surface area contributed by atoms with Crippen molar-refractivity contribution in [1.29, 1.82) is 0 Å². The predicted octanol–water partition coefficient (Wildman–Crippen LogP) is 4.55. The van der Waals surface area contributed by atoms with Crippen molar-refractivity contribution >= 4 is 33.7 Å². The number of thioether (sulfide) groups is 1. The van der Waals surface area contributed by atoms with Crippen LogP contribution in [-0.4, -0.2) is 38.2 Å². The third kappa shape index (κ3) is 6.24. The molecule has 0 bridgehead atoms. The van der Waals surface area contributed by atoms with Crippen LogP contribution in [0, 0.1) is 0 Å². The number of hydrogen-bond donors (Lipinski definition) is 1. The number of carboxylic acids is 1. The average molecular weight is 456 g/mol. The highest BCUT2D eigenvalue weighted by molar-refractivity contribution is 9.10. The second-order valence-corrected chi connectivity index (χ2v) is 8.97. The Morgan fingerprint density at radius 1 is 1.33 bits per heavy atom. The van der Waals surface area contributed by atoms with Gasteiger partial charge in [-0.25, -0.2) is 0 Å². The molecule has 8 heteroatoms. The van der Waals surface area contributed by atoms with E-state index < -0.39 is 5.97 Å². The van der Waals surface area contributed by atoms with Gasteiger partial charge in [0.2, 0.25) is 0 Å². The number of aromatic nitrogens is 3. The first kappa shape index (κ1) is 21.8. The van der Waals surface area contributed by atoms with Crippen molar-refractivity contribution in [2.24, 2.45) is 0 Å². The molecular formula is C19H26BrN3O3S. The van der Waals surface area contributed by atoms with Gasteiger partial charge in [0, 0.05) is 13.0 Å². The maximum absolute atomic E-state index is 10.7. The van der Waals surface area contributed by atoms with Gasteiger partial charge in [0.25, 0.3) is 0 Å². The molecule has 0 atom stereocenters. The zero-order valence-electron chi connectivity index (χ0n) is 16.2. The van der Waals surface area contributed by atoms with E-state index >= 15 is 0 Å². The highest BCUT2D eigenvalue weighted by atomic mass is 79.9. The summed E-state index contributed by atoms with van der Waals surface area (Å²) in [4.78, 5) is 10.7. The fraction of sp³-hybridized carbons (Fsp3) is 0.526. The average Bonchev–Trinajstić information content (AvgIpc) is 2.98.